The largest absolute Gasteiger partial charge is 0.490 e. The van der Waals surface area contributed by atoms with E-state index in [2.05, 4.69) is 27.9 Å². The maximum Gasteiger partial charge on any atom is 0.294 e. The fourth-order valence-corrected chi connectivity index (χ4v) is 5.45. The molecule has 1 fully saturated rings. The summed E-state index contributed by atoms with van der Waals surface area (Å²) in [4.78, 5) is 39.3. The monoisotopic (exact) mass is 662 g/mol. The third kappa shape index (κ3) is 6.89. The molecule has 3 aromatic carbocycles. The minimum atomic E-state index is -0.532. The van der Waals surface area contributed by atoms with Gasteiger partial charge in [-0.1, -0.05) is 48.0 Å². The lowest BCUT2D eigenvalue weighted by molar-refractivity contribution is -0.127. The highest BCUT2D eigenvalue weighted by Gasteiger charge is 2.36. The molecular formula is C28H24ClIN2O5S. The summed E-state index contributed by atoms with van der Waals surface area (Å²) in [5.74, 6) is 0.119. The molecular weight excluding hydrogens is 639 g/mol. The number of imide groups is 1. The number of ether oxygens (including phenoxy) is 2. The van der Waals surface area contributed by atoms with Crippen LogP contribution in [0.5, 0.6) is 11.5 Å². The van der Waals surface area contributed by atoms with Crippen LogP contribution >= 0.6 is 46.0 Å². The highest BCUT2D eigenvalue weighted by atomic mass is 127. The molecule has 7 nitrogen and oxygen atoms in total. The van der Waals surface area contributed by atoms with Gasteiger partial charge in [0, 0.05) is 10.7 Å². The molecule has 10 heteroatoms. The van der Waals surface area contributed by atoms with E-state index in [-0.39, 0.29) is 4.91 Å². The zero-order valence-corrected chi connectivity index (χ0v) is 24.4. The zero-order chi connectivity index (χ0) is 27.2. The first-order valence-corrected chi connectivity index (χ1v) is 14.0. The minimum absolute atomic E-state index is 0.220. The number of carbonyl (C=O) groups excluding carboxylic acids is 3. The Morgan fingerprint density at radius 1 is 1.11 bits per heavy atom. The van der Waals surface area contributed by atoms with E-state index in [4.69, 9.17) is 21.1 Å². The van der Waals surface area contributed by atoms with Crippen molar-refractivity contribution in [3.63, 3.8) is 0 Å². The molecule has 1 aliphatic rings. The predicted molar refractivity (Wildman–Crippen MR) is 159 cm³/mol. The molecule has 0 aliphatic carbocycles. The first-order chi connectivity index (χ1) is 18.2. The Bertz CT molecular complexity index is 1410. The van der Waals surface area contributed by atoms with Crippen molar-refractivity contribution in [2.75, 3.05) is 18.5 Å². The number of rotatable bonds is 9. The van der Waals surface area contributed by atoms with Crippen molar-refractivity contribution in [1.29, 1.82) is 0 Å². The second-order valence-corrected chi connectivity index (χ2v) is 10.9. The quantitative estimate of drug-likeness (QED) is 0.198. The number of nitrogens with zero attached hydrogens (tertiary/aromatic N) is 1. The fourth-order valence-electron chi connectivity index (χ4n) is 3.65. The molecule has 0 bridgehead atoms. The van der Waals surface area contributed by atoms with Gasteiger partial charge >= 0.3 is 0 Å². The molecule has 1 N–H and O–H groups in total. The molecule has 3 amide bonds. The molecule has 0 unspecified atom stereocenters. The Balaban J connectivity index is 1.49. The van der Waals surface area contributed by atoms with Crippen LogP contribution in [0.4, 0.5) is 10.5 Å². The lowest BCUT2D eigenvalue weighted by Gasteiger charge is -2.15. The van der Waals surface area contributed by atoms with Crippen LogP contribution in [0.3, 0.4) is 0 Å². The molecule has 196 valence electrons. The van der Waals surface area contributed by atoms with Crippen molar-refractivity contribution >= 4 is 74.8 Å². The summed E-state index contributed by atoms with van der Waals surface area (Å²) < 4.78 is 12.7. The maximum atomic E-state index is 13.0. The van der Waals surface area contributed by atoms with Gasteiger partial charge in [0.05, 0.1) is 15.1 Å². The number of anilines is 1. The molecule has 1 heterocycles. The van der Waals surface area contributed by atoms with E-state index in [1.807, 2.05) is 50.2 Å². The third-order valence-electron chi connectivity index (χ3n) is 5.50. The minimum Gasteiger partial charge on any atom is -0.490 e. The van der Waals surface area contributed by atoms with Crippen LogP contribution in [0, 0.1) is 10.5 Å². The zero-order valence-electron chi connectivity index (χ0n) is 20.6. The van der Waals surface area contributed by atoms with Gasteiger partial charge in [0.25, 0.3) is 11.1 Å². The van der Waals surface area contributed by atoms with Crippen LogP contribution in [0.25, 0.3) is 6.08 Å². The normalized spacial score (nSPS) is 14.2. The van der Waals surface area contributed by atoms with E-state index in [0.29, 0.717) is 41.0 Å². The second kappa shape index (κ2) is 12.7. The standard InChI is InChI=1S/C28H24ClIN2O5S/c1-3-36-23-12-19(11-21(30)26(23)37-16-18-7-5-4-6-8-18)13-24-27(34)32(28(35)38-24)15-25(33)31-22-14-20(29)10-9-17(22)2/h4-14H,3,15-16H2,1-2H3,(H,31,33)/b24-13+. The molecule has 0 atom stereocenters. The molecule has 38 heavy (non-hydrogen) atoms. The number of benzene rings is 3. The number of thioether (sulfide) groups is 1. The molecule has 3 aromatic rings. The van der Waals surface area contributed by atoms with Crippen molar-refractivity contribution in [2.45, 2.75) is 20.5 Å². The van der Waals surface area contributed by atoms with Crippen LogP contribution in [0.1, 0.15) is 23.6 Å². The fraction of sp³-hybridized carbons (Fsp3) is 0.179. The molecule has 4 rings (SSSR count). The number of aryl methyl sites for hydroxylation is 1. The van der Waals surface area contributed by atoms with E-state index in [0.717, 1.165) is 31.4 Å². The van der Waals surface area contributed by atoms with Crippen LogP contribution in [0.2, 0.25) is 5.02 Å². The molecule has 0 radical (unpaired) electrons. The van der Waals surface area contributed by atoms with Gasteiger partial charge in [-0.15, -0.1) is 0 Å². The summed E-state index contributed by atoms with van der Waals surface area (Å²) in [7, 11) is 0. The van der Waals surface area contributed by atoms with Crippen LogP contribution in [0.15, 0.2) is 65.6 Å². The van der Waals surface area contributed by atoms with Gasteiger partial charge in [0.2, 0.25) is 5.91 Å². The van der Waals surface area contributed by atoms with Crippen LogP contribution < -0.4 is 14.8 Å². The molecule has 1 aliphatic heterocycles. The van der Waals surface area contributed by atoms with Crippen molar-refractivity contribution in [3.05, 3.63) is 90.9 Å². The highest BCUT2D eigenvalue weighted by Crippen LogP contribution is 2.38. The van der Waals surface area contributed by atoms with Crippen molar-refractivity contribution in [2.24, 2.45) is 0 Å². The summed E-state index contributed by atoms with van der Waals surface area (Å²) in [5.41, 5.74) is 3.04. The number of hydrogen-bond acceptors (Lipinski definition) is 6. The number of hydrogen-bond donors (Lipinski definition) is 1. The number of amides is 3. The maximum absolute atomic E-state index is 13.0. The molecule has 0 aromatic heterocycles. The van der Waals surface area contributed by atoms with Crippen molar-refractivity contribution in [3.8, 4) is 11.5 Å². The Morgan fingerprint density at radius 3 is 2.61 bits per heavy atom. The smallest absolute Gasteiger partial charge is 0.294 e. The van der Waals surface area contributed by atoms with Gasteiger partial charge in [-0.2, -0.15) is 0 Å². The summed E-state index contributed by atoms with van der Waals surface area (Å²) in [6, 6.07) is 18.5. The average Bonchev–Trinajstić information content (AvgIpc) is 3.13. The number of carbonyl (C=O) groups is 3. The van der Waals surface area contributed by atoms with Gasteiger partial charge in [0.1, 0.15) is 13.2 Å². The Labute approximate surface area is 243 Å². The van der Waals surface area contributed by atoms with Gasteiger partial charge in [0.15, 0.2) is 11.5 Å². The van der Waals surface area contributed by atoms with E-state index in [9.17, 15) is 14.4 Å². The molecule has 0 spiro atoms. The summed E-state index contributed by atoms with van der Waals surface area (Å²) >= 11 is 8.96. The average molecular weight is 663 g/mol. The first kappa shape index (κ1) is 28.0. The summed E-state index contributed by atoms with van der Waals surface area (Å²) in [6.45, 7) is 4.11. The van der Waals surface area contributed by atoms with Crippen molar-refractivity contribution in [1.82, 2.24) is 4.90 Å². The van der Waals surface area contributed by atoms with Crippen molar-refractivity contribution < 1.29 is 23.9 Å². The van der Waals surface area contributed by atoms with Crippen LogP contribution in [-0.4, -0.2) is 35.1 Å². The van der Waals surface area contributed by atoms with Gasteiger partial charge in [-0.05, 0) is 95.2 Å². The lowest BCUT2D eigenvalue weighted by Crippen LogP contribution is -2.36. The number of nitrogens with one attached hydrogen (secondary N) is 1. The Kier molecular flexibility index (Phi) is 9.35. The number of halogens is 2. The Hall–Kier alpha value is -3.02. The topological polar surface area (TPSA) is 84.9 Å². The molecule has 0 saturated carbocycles. The van der Waals surface area contributed by atoms with E-state index >= 15 is 0 Å². The SMILES string of the molecule is CCOc1cc(/C=C2/SC(=O)N(CC(=O)Nc3cc(Cl)ccc3C)C2=O)cc(I)c1OCc1ccccc1. The highest BCUT2D eigenvalue weighted by molar-refractivity contribution is 14.1. The first-order valence-electron chi connectivity index (χ1n) is 11.7. The summed E-state index contributed by atoms with van der Waals surface area (Å²) in [6.07, 6.45) is 1.62. The lowest BCUT2D eigenvalue weighted by atomic mass is 10.1. The van der Waals surface area contributed by atoms with Gasteiger partial charge in [-0.3, -0.25) is 19.3 Å². The van der Waals surface area contributed by atoms with Gasteiger partial charge < -0.3 is 14.8 Å². The van der Waals surface area contributed by atoms with E-state index < -0.39 is 23.6 Å². The third-order valence-corrected chi connectivity index (χ3v) is 7.45. The Morgan fingerprint density at radius 2 is 1.87 bits per heavy atom. The van der Waals surface area contributed by atoms with E-state index in [1.165, 1.54) is 0 Å². The van der Waals surface area contributed by atoms with E-state index in [1.54, 1.807) is 30.3 Å². The van der Waals surface area contributed by atoms with Crippen LogP contribution in [-0.2, 0) is 16.2 Å². The summed E-state index contributed by atoms with van der Waals surface area (Å²) in [5, 5.41) is 2.67. The predicted octanol–water partition coefficient (Wildman–Crippen LogP) is 6.91. The second-order valence-electron chi connectivity index (χ2n) is 8.31. The molecule has 1 saturated heterocycles. The van der Waals surface area contributed by atoms with Gasteiger partial charge in [-0.25, -0.2) is 0 Å².